The number of ketones is 1. The van der Waals surface area contributed by atoms with Crippen LogP contribution in [0.2, 0.25) is 0 Å². The van der Waals surface area contributed by atoms with E-state index in [2.05, 4.69) is 27.7 Å². The van der Waals surface area contributed by atoms with Gasteiger partial charge in [0.1, 0.15) is 33.8 Å². The molecule has 0 radical (unpaired) electrons. The van der Waals surface area contributed by atoms with E-state index >= 15 is 0 Å². The van der Waals surface area contributed by atoms with E-state index in [0.29, 0.717) is 77.0 Å². The number of carbonyl (C=O) groups excluding carboxylic acids is 1. The fraction of sp³-hybridized carbons (Fsp3) is 0.517. The van der Waals surface area contributed by atoms with Gasteiger partial charge in [0, 0.05) is 17.7 Å². The minimum Gasteiger partial charge on any atom is -0.507 e. The summed E-state index contributed by atoms with van der Waals surface area (Å²) in [6.45, 7) is 14.4. The summed E-state index contributed by atoms with van der Waals surface area (Å²) >= 11 is 0. The molecule has 1 aromatic heterocycles. The number of aryl methyl sites for hydroxylation is 1. The third-order valence-electron chi connectivity index (χ3n) is 6.26. The molecule has 2 aromatic carbocycles. The van der Waals surface area contributed by atoms with Crippen LogP contribution in [-0.2, 0) is 12.8 Å². The van der Waals surface area contributed by atoms with Crippen LogP contribution in [0.3, 0.4) is 0 Å². The van der Waals surface area contributed by atoms with E-state index in [-0.39, 0.29) is 27.9 Å². The predicted molar refractivity (Wildman–Crippen MR) is 140 cm³/mol. The highest BCUT2D eigenvalue weighted by Crippen LogP contribution is 2.40. The number of benzene rings is 2. The topological polar surface area (TPSA) is 86.0 Å². The third kappa shape index (κ3) is 5.47. The monoisotopic (exact) mass is 482 g/mol. The standard InChI is InChI=1S/C29H38O6/c1-8-33-21-14-24-27(28(31)19(21)12-10-16(3)4)29(32)26-20(13-11-17(5)6)25(18(7)30)22(34-9-2)15-23(26)35-24/h14-17,31H,8-13H2,1-7H3. The Kier molecular flexibility index (Phi) is 8.47. The molecule has 1 N–H and O–H groups in total. The maximum Gasteiger partial charge on any atom is 0.204 e. The van der Waals surface area contributed by atoms with Crippen molar-refractivity contribution in [2.45, 2.75) is 74.1 Å². The van der Waals surface area contributed by atoms with Crippen molar-refractivity contribution in [2.24, 2.45) is 11.8 Å². The van der Waals surface area contributed by atoms with Gasteiger partial charge in [-0.15, -0.1) is 0 Å². The fourth-order valence-corrected chi connectivity index (χ4v) is 4.52. The molecule has 6 nitrogen and oxygen atoms in total. The van der Waals surface area contributed by atoms with Crippen LogP contribution >= 0.6 is 0 Å². The summed E-state index contributed by atoms with van der Waals surface area (Å²) in [5, 5.41) is 11.8. The van der Waals surface area contributed by atoms with Gasteiger partial charge in [0.05, 0.1) is 24.2 Å². The highest BCUT2D eigenvalue weighted by molar-refractivity contribution is 6.05. The lowest BCUT2D eigenvalue weighted by Gasteiger charge is -2.18. The third-order valence-corrected chi connectivity index (χ3v) is 6.26. The Labute approximate surface area is 207 Å². The average Bonchev–Trinajstić information content (AvgIpc) is 2.76. The Balaban J connectivity index is 2.45. The zero-order chi connectivity index (χ0) is 25.9. The van der Waals surface area contributed by atoms with Gasteiger partial charge in [0.25, 0.3) is 0 Å². The van der Waals surface area contributed by atoms with Crippen molar-refractivity contribution in [3.63, 3.8) is 0 Å². The summed E-state index contributed by atoms with van der Waals surface area (Å²) in [5.74, 6) is 1.46. The number of hydrogen-bond acceptors (Lipinski definition) is 6. The first-order chi connectivity index (χ1) is 16.6. The molecule has 0 saturated heterocycles. The molecule has 0 bridgehead atoms. The molecular weight excluding hydrogens is 444 g/mol. The molecule has 3 aromatic rings. The normalized spacial score (nSPS) is 11.7. The molecule has 0 aliphatic carbocycles. The first kappa shape index (κ1) is 26.6. The number of rotatable bonds is 11. The van der Waals surface area contributed by atoms with Crippen molar-refractivity contribution in [1.29, 1.82) is 0 Å². The SMILES string of the molecule is CCOc1cc2oc3cc(OCC)c(C(C)=O)c(CCC(C)C)c3c(=O)c2c(O)c1CCC(C)C. The van der Waals surface area contributed by atoms with Crippen molar-refractivity contribution in [1.82, 2.24) is 0 Å². The quantitative estimate of drug-likeness (QED) is 0.238. The maximum absolute atomic E-state index is 14.0. The van der Waals surface area contributed by atoms with Crippen LogP contribution in [0, 0.1) is 11.8 Å². The summed E-state index contributed by atoms with van der Waals surface area (Å²) in [5.41, 5.74) is 1.91. The van der Waals surface area contributed by atoms with Crippen LogP contribution in [0.15, 0.2) is 21.3 Å². The highest BCUT2D eigenvalue weighted by atomic mass is 16.5. The minimum atomic E-state index is -0.336. The number of fused-ring (bicyclic) bond motifs is 2. The Morgan fingerprint density at radius 3 is 1.94 bits per heavy atom. The van der Waals surface area contributed by atoms with Gasteiger partial charge >= 0.3 is 0 Å². The number of phenols is 1. The molecule has 0 fully saturated rings. The molecule has 0 unspecified atom stereocenters. The van der Waals surface area contributed by atoms with Crippen LogP contribution in [0.4, 0.5) is 0 Å². The second-order valence-corrected chi connectivity index (χ2v) is 9.89. The van der Waals surface area contributed by atoms with Crippen LogP contribution in [0.1, 0.15) is 82.8 Å². The molecule has 35 heavy (non-hydrogen) atoms. The maximum atomic E-state index is 14.0. The summed E-state index contributed by atoms with van der Waals surface area (Å²) in [7, 11) is 0. The van der Waals surface area contributed by atoms with Crippen molar-refractivity contribution < 1.29 is 23.8 Å². The van der Waals surface area contributed by atoms with Gasteiger partial charge in [-0.05, 0) is 63.9 Å². The predicted octanol–water partition coefficient (Wildman–Crippen LogP) is 6.83. The van der Waals surface area contributed by atoms with E-state index in [4.69, 9.17) is 13.9 Å². The lowest BCUT2D eigenvalue weighted by molar-refractivity contribution is 0.101. The van der Waals surface area contributed by atoms with E-state index in [1.54, 1.807) is 12.1 Å². The average molecular weight is 483 g/mol. The number of carbonyl (C=O) groups is 1. The fourth-order valence-electron chi connectivity index (χ4n) is 4.52. The van der Waals surface area contributed by atoms with Crippen molar-refractivity contribution in [3.8, 4) is 17.2 Å². The molecule has 0 amide bonds. The van der Waals surface area contributed by atoms with Crippen LogP contribution < -0.4 is 14.9 Å². The second-order valence-electron chi connectivity index (χ2n) is 9.89. The smallest absolute Gasteiger partial charge is 0.204 e. The largest absolute Gasteiger partial charge is 0.507 e. The molecule has 3 rings (SSSR count). The molecule has 190 valence electrons. The molecule has 0 saturated carbocycles. The van der Waals surface area contributed by atoms with Gasteiger partial charge in [-0.25, -0.2) is 0 Å². The van der Waals surface area contributed by atoms with Gasteiger partial charge in [0.15, 0.2) is 5.78 Å². The van der Waals surface area contributed by atoms with Gasteiger partial charge in [-0.2, -0.15) is 0 Å². The molecule has 0 aliphatic rings. The first-order valence-corrected chi connectivity index (χ1v) is 12.7. The van der Waals surface area contributed by atoms with Crippen molar-refractivity contribution in [3.05, 3.63) is 39.0 Å². The van der Waals surface area contributed by atoms with Crippen LogP contribution in [0.5, 0.6) is 17.2 Å². The zero-order valence-electron chi connectivity index (χ0n) is 22.0. The van der Waals surface area contributed by atoms with Crippen molar-refractivity contribution in [2.75, 3.05) is 13.2 Å². The summed E-state index contributed by atoms with van der Waals surface area (Å²) < 4.78 is 17.8. The Bertz CT molecular complexity index is 1280. The van der Waals surface area contributed by atoms with E-state index in [0.717, 1.165) is 12.8 Å². The molecular formula is C29H38O6. The Morgan fingerprint density at radius 2 is 1.40 bits per heavy atom. The van der Waals surface area contributed by atoms with Gasteiger partial charge < -0.3 is 19.0 Å². The lowest BCUT2D eigenvalue weighted by atomic mass is 9.91. The number of aromatic hydroxyl groups is 1. The minimum absolute atomic E-state index is 0.102. The molecule has 6 heteroatoms. The van der Waals surface area contributed by atoms with Crippen LogP contribution in [-0.4, -0.2) is 24.1 Å². The molecule has 0 atom stereocenters. The second kappa shape index (κ2) is 11.1. The van der Waals surface area contributed by atoms with E-state index in [1.165, 1.54) is 6.92 Å². The zero-order valence-corrected chi connectivity index (χ0v) is 22.0. The van der Waals surface area contributed by atoms with Gasteiger partial charge in [-0.1, -0.05) is 27.7 Å². The highest BCUT2D eigenvalue weighted by Gasteiger charge is 2.25. The number of ether oxygens (including phenoxy) is 2. The van der Waals surface area contributed by atoms with Gasteiger partial charge in [-0.3, -0.25) is 9.59 Å². The molecule has 0 spiro atoms. The Hall–Kier alpha value is -3.02. The van der Waals surface area contributed by atoms with E-state index < -0.39 is 0 Å². The number of phenolic OH excluding ortho intramolecular Hbond substituents is 1. The summed E-state index contributed by atoms with van der Waals surface area (Å²) in [6.07, 6.45) is 2.73. The number of Topliss-reactive ketones (excluding diaryl/α,β-unsaturated/α-hetero) is 1. The molecule has 1 heterocycles. The van der Waals surface area contributed by atoms with Gasteiger partial charge in [0.2, 0.25) is 5.43 Å². The summed E-state index contributed by atoms with van der Waals surface area (Å²) in [6, 6.07) is 3.32. The Morgan fingerprint density at radius 1 is 0.886 bits per heavy atom. The van der Waals surface area contributed by atoms with E-state index in [1.807, 2.05) is 13.8 Å². The van der Waals surface area contributed by atoms with Crippen LogP contribution in [0.25, 0.3) is 21.9 Å². The first-order valence-electron chi connectivity index (χ1n) is 12.7. The summed E-state index contributed by atoms with van der Waals surface area (Å²) in [4.78, 5) is 26.7. The number of hydrogen-bond donors (Lipinski definition) is 1. The molecule has 0 aliphatic heterocycles. The van der Waals surface area contributed by atoms with Crippen molar-refractivity contribution >= 4 is 27.7 Å². The van der Waals surface area contributed by atoms with E-state index in [9.17, 15) is 14.7 Å². The lowest BCUT2D eigenvalue weighted by Crippen LogP contribution is -2.13.